The van der Waals surface area contributed by atoms with E-state index in [1.165, 1.54) is 12.1 Å². The van der Waals surface area contributed by atoms with E-state index < -0.39 is 5.82 Å². The molecule has 1 heterocycles. The number of hydrogen-bond acceptors (Lipinski definition) is 3. The van der Waals surface area contributed by atoms with Gasteiger partial charge < -0.3 is 15.4 Å². The first kappa shape index (κ1) is 19.7. The van der Waals surface area contributed by atoms with E-state index in [2.05, 4.69) is 15.7 Å². The average Bonchev–Trinajstić information content (AvgIpc) is 2.91. The van der Waals surface area contributed by atoms with Crippen molar-refractivity contribution in [2.45, 2.75) is 20.4 Å². The van der Waals surface area contributed by atoms with Crippen LogP contribution in [0, 0.1) is 19.7 Å². The van der Waals surface area contributed by atoms with Crippen LogP contribution in [0.3, 0.4) is 0 Å². The van der Waals surface area contributed by atoms with Crippen LogP contribution < -0.4 is 15.4 Å². The number of aryl methyl sites for hydroxylation is 1. The number of amides is 2. The van der Waals surface area contributed by atoms with Gasteiger partial charge >= 0.3 is 6.03 Å². The highest BCUT2D eigenvalue weighted by atomic mass is 35.5. The molecule has 0 bridgehead atoms. The Kier molecular flexibility index (Phi) is 5.84. The third-order valence-electron chi connectivity index (χ3n) is 4.28. The molecule has 0 spiro atoms. The molecule has 2 amide bonds. The lowest BCUT2D eigenvalue weighted by molar-refractivity contribution is 0.262. The average molecular weight is 403 g/mol. The number of nitrogens with zero attached hydrogens (tertiary/aromatic N) is 2. The number of anilines is 2. The summed E-state index contributed by atoms with van der Waals surface area (Å²) in [4.78, 5) is 12.4. The van der Waals surface area contributed by atoms with E-state index in [0.717, 1.165) is 11.3 Å². The van der Waals surface area contributed by atoms with Gasteiger partial charge in [0.25, 0.3) is 0 Å². The molecule has 0 aliphatic heterocycles. The third kappa shape index (κ3) is 4.43. The number of urea groups is 1. The molecule has 0 aliphatic carbocycles. The summed E-state index contributed by atoms with van der Waals surface area (Å²) in [6, 6.07) is 10.9. The van der Waals surface area contributed by atoms with Gasteiger partial charge in [0, 0.05) is 16.8 Å². The quantitative estimate of drug-likeness (QED) is 0.631. The van der Waals surface area contributed by atoms with Crippen LogP contribution in [0.5, 0.6) is 5.75 Å². The number of hydrogen-bond donors (Lipinski definition) is 2. The van der Waals surface area contributed by atoms with Crippen molar-refractivity contribution in [3.8, 4) is 5.75 Å². The standard InChI is InChI=1S/C20H20ClFN4O2/c1-12-19(24-20(27)23-16-5-4-6-17(10-16)28-3)13(2)26(25-12)11-14-7-8-15(22)9-18(14)21/h4-10H,11H2,1-3H3,(H2,23,24,27). The molecule has 6 nitrogen and oxygen atoms in total. The number of carbonyl (C=O) groups is 1. The van der Waals surface area contributed by atoms with Gasteiger partial charge in [0.2, 0.25) is 0 Å². The van der Waals surface area contributed by atoms with E-state index in [9.17, 15) is 9.18 Å². The zero-order valence-electron chi connectivity index (χ0n) is 15.7. The summed E-state index contributed by atoms with van der Waals surface area (Å²) in [7, 11) is 1.56. The molecule has 0 aliphatic rings. The molecule has 146 valence electrons. The Morgan fingerprint density at radius 1 is 1.21 bits per heavy atom. The number of carbonyl (C=O) groups excluding carboxylic acids is 1. The van der Waals surface area contributed by atoms with E-state index >= 15 is 0 Å². The molecule has 1 aromatic heterocycles. The minimum absolute atomic E-state index is 0.331. The maximum Gasteiger partial charge on any atom is 0.323 e. The second-order valence-corrected chi connectivity index (χ2v) is 6.66. The molecule has 3 rings (SSSR count). The number of rotatable bonds is 5. The molecule has 0 fully saturated rings. The van der Waals surface area contributed by atoms with Crippen LogP contribution in [-0.2, 0) is 6.54 Å². The van der Waals surface area contributed by atoms with Crippen molar-refractivity contribution >= 4 is 29.0 Å². The molecule has 28 heavy (non-hydrogen) atoms. The monoisotopic (exact) mass is 402 g/mol. The maximum atomic E-state index is 13.2. The van der Waals surface area contributed by atoms with Gasteiger partial charge in [0.05, 0.1) is 30.7 Å². The third-order valence-corrected chi connectivity index (χ3v) is 4.63. The highest BCUT2D eigenvalue weighted by Gasteiger charge is 2.15. The Bertz CT molecular complexity index is 1020. The Morgan fingerprint density at radius 2 is 2.00 bits per heavy atom. The summed E-state index contributed by atoms with van der Waals surface area (Å²) < 4.78 is 20.1. The van der Waals surface area contributed by atoms with Crippen LogP contribution in [0.2, 0.25) is 5.02 Å². The van der Waals surface area contributed by atoms with Gasteiger partial charge in [-0.2, -0.15) is 5.10 Å². The molecular weight excluding hydrogens is 383 g/mol. The normalized spacial score (nSPS) is 10.6. The fraction of sp³-hybridized carbons (Fsp3) is 0.200. The summed E-state index contributed by atoms with van der Waals surface area (Å²) in [5.41, 5.74) is 3.38. The van der Waals surface area contributed by atoms with Crippen LogP contribution in [0.1, 0.15) is 17.0 Å². The van der Waals surface area contributed by atoms with E-state index in [1.807, 2.05) is 6.92 Å². The summed E-state index contributed by atoms with van der Waals surface area (Å²) in [5, 5.41) is 10.4. The van der Waals surface area contributed by atoms with Gasteiger partial charge in [-0.05, 0) is 43.7 Å². The van der Waals surface area contributed by atoms with Gasteiger partial charge in [0.15, 0.2) is 0 Å². The Hall–Kier alpha value is -3.06. The Balaban J connectivity index is 1.75. The predicted octanol–water partition coefficient (Wildman–Crippen LogP) is 4.99. The number of nitrogens with one attached hydrogen (secondary N) is 2. The van der Waals surface area contributed by atoms with Gasteiger partial charge in [-0.1, -0.05) is 23.7 Å². The van der Waals surface area contributed by atoms with Crippen LogP contribution in [0.4, 0.5) is 20.6 Å². The topological polar surface area (TPSA) is 68.2 Å². The zero-order chi connectivity index (χ0) is 20.3. The molecule has 0 atom stereocenters. The largest absolute Gasteiger partial charge is 0.497 e. The van der Waals surface area contributed by atoms with Crippen molar-refractivity contribution in [3.63, 3.8) is 0 Å². The summed E-state index contributed by atoms with van der Waals surface area (Å²) in [6.07, 6.45) is 0. The molecule has 8 heteroatoms. The lowest BCUT2D eigenvalue weighted by Gasteiger charge is -2.10. The Morgan fingerprint density at radius 3 is 2.71 bits per heavy atom. The van der Waals surface area contributed by atoms with Crippen molar-refractivity contribution in [1.29, 1.82) is 0 Å². The van der Waals surface area contributed by atoms with Crippen molar-refractivity contribution < 1.29 is 13.9 Å². The smallest absolute Gasteiger partial charge is 0.323 e. The molecule has 0 saturated carbocycles. The highest BCUT2D eigenvalue weighted by molar-refractivity contribution is 6.31. The number of halogens is 2. The fourth-order valence-electron chi connectivity index (χ4n) is 2.82. The highest BCUT2D eigenvalue weighted by Crippen LogP contribution is 2.24. The summed E-state index contributed by atoms with van der Waals surface area (Å²) in [5.74, 6) is 0.257. The molecule has 0 radical (unpaired) electrons. The number of benzene rings is 2. The summed E-state index contributed by atoms with van der Waals surface area (Å²) >= 11 is 6.11. The van der Waals surface area contributed by atoms with Crippen LogP contribution in [0.25, 0.3) is 0 Å². The summed E-state index contributed by atoms with van der Waals surface area (Å²) in [6.45, 7) is 4.01. The van der Waals surface area contributed by atoms with Crippen molar-refractivity contribution in [2.24, 2.45) is 0 Å². The molecule has 3 aromatic rings. The zero-order valence-corrected chi connectivity index (χ0v) is 16.5. The van der Waals surface area contributed by atoms with E-state index in [-0.39, 0.29) is 6.03 Å². The van der Waals surface area contributed by atoms with E-state index in [0.29, 0.717) is 34.4 Å². The van der Waals surface area contributed by atoms with E-state index in [4.69, 9.17) is 16.3 Å². The minimum atomic E-state index is -0.390. The van der Waals surface area contributed by atoms with Crippen LogP contribution in [-0.4, -0.2) is 22.9 Å². The van der Waals surface area contributed by atoms with Gasteiger partial charge in [-0.15, -0.1) is 0 Å². The first-order chi connectivity index (χ1) is 13.4. The van der Waals surface area contributed by atoms with Crippen molar-refractivity contribution in [2.75, 3.05) is 17.7 Å². The SMILES string of the molecule is COc1cccc(NC(=O)Nc2c(C)nn(Cc3ccc(F)cc3Cl)c2C)c1. The van der Waals surface area contributed by atoms with Crippen LogP contribution >= 0.6 is 11.6 Å². The molecule has 2 aromatic carbocycles. The number of ether oxygens (including phenoxy) is 1. The molecule has 2 N–H and O–H groups in total. The second kappa shape index (κ2) is 8.31. The van der Waals surface area contributed by atoms with E-state index in [1.54, 1.807) is 49.0 Å². The number of methoxy groups -OCH3 is 1. The van der Waals surface area contributed by atoms with Crippen molar-refractivity contribution in [1.82, 2.24) is 9.78 Å². The second-order valence-electron chi connectivity index (χ2n) is 6.25. The van der Waals surface area contributed by atoms with Crippen LogP contribution in [0.15, 0.2) is 42.5 Å². The predicted molar refractivity (Wildman–Crippen MR) is 108 cm³/mol. The molecule has 0 saturated heterocycles. The molecular formula is C20H20ClFN4O2. The lowest BCUT2D eigenvalue weighted by Crippen LogP contribution is -2.20. The fourth-order valence-corrected chi connectivity index (χ4v) is 3.05. The van der Waals surface area contributed by atoms with Gasteiger partial charge in [-0.3, -0.25) is 4.68 Å². The molecule has 0 unspecified atom stereocenters. The van der Waals surface area contributed by atoms with Crippen molar-refractivity contribution in [3.05, 3.63) is 70.3 Å². The minimum Gasteiger partial charge on any atom is -0.497 e. The first-order valence-corrected chi connectivity index (χ1v) is 8.95. The lowest BCUT2D eigenvalue weighted by atomic mass is 10.2. The maximum absolute atomic E-state index is 13.2. The van der Waals surface area contributed by atoms with Gasteiger partial charge in [0.1, 0.15) is 11.6 Å². The van der Waals surface area contributed by atoms with Gasteiger partial charge in [-0.25, -0.2) is 9.18 Å². The number of aromatic nitrogens is 2. The Labute approximate surface area is 167 Å². The first-order valence-electron chi connectivity index (χ1n) is 8.57.